The fraction of sp³-hybridized carbons (Fsp3) is 0.222. The summed E-state index contributed by atoms with van der Waals surface area (Å²) >= 11 is 0. The van der Waals surface area contributed by atoms with E-state index in [1.807, 2.05) is 5.32 Å². The summed E-state index contributed by atoms with van der Waals surface area (Å²) in [5, 5.41) is 12.4. The lowest BCUT2D eigenvalue weighted by molar-refractivity contribution is -0.141. The van der Waals surface area contributed by atoms with Crippen LogP contribution in [-0.2, 0) is 9.59 Å². The quantitative estimate of drug-likeness (QED) is 0.585. The van der Waals surface area contributed by atoms with Crippen molar-refractivity contribution in [2.45, 2.75) is 12.5 Å². The molecule has 0 bridgehead atoms. The number of imide groups is 1. The lowest BCUT2D eigenvalue weighted by Crippen LogP contribution is -2.55. The molecule has 1 aliphatic rings. The Labute approximate surface area is 96.1 Å². The number of carbonyl (C=O) groups is 3. The van der Waals surface area contributed by atoms with Crippen LogP contribution < -0.4 is 10.6 Å². The van der Waals surface area contributed by atoms with Gasteiger partial charge in [0.2, 0.25) is 5.91 Å². The Balaban J connectivity index is 0.000000202. The van der Waals surface area contributed by atoms with Crippen LogP contribution in [0.5, 0.6) is 0 Å². The lowest BCUT2D eigenvalue weighted by atomic mass is 10.2. The van der Waals surface area contributed by atoms with Crippen LogP contribution in [0.1, 0.15) is 6.42 Å². The Morgan fingerprint density at radius 3 is 2.35 bits per heavy atom. The van der Waals surface area contributed by atoms with E-state index in [0.717, 1.165) is 0 Å². The molecule has 3 amide bonds. The number of nitrogens with zero attached hydrogens (tertiary/aromatic N) is 2. The number of hydrogen-bond donors (Lipinski definition) is 3. The number of aromatic nitrogens is 2. The second kappa shape index (κ2) is 6.16. The van der Waals surface area contributed by atoms with Gasteiger partial charge in [0.15, 0.2) is 0 Å². The van der Waals surface area contributed by atoms with E-state index in [0.29, 0.717) is 0 Å². The first kappa shape index (κ1) is 12.6. The third-order valence-corrected chi connectivity index (χ3v) is 1.72. The second-order valence-corrected chi connectivity index (χ2v) is 3.02. The van der Waals surface area contributed by atoms with Crippen LogP contribution in [-0.4, -0.2) is 39.0 Å². The van der Waals surface area contributed by atoms with Crippen LogP contribution in [0.2, 0.25) is 0 Å². The maximum atomic E-state index is 10.6. The summed E-state index contributed by atoms with van der Waals surface area (Å²) in [5.74, 6) is -1.77. The van der Waals surface area contributed by atoms with E-state index >= 15 is 0 Å². The molecule has 1 aliphatic heterocycles. The first-order valence-electron chi connectivity index (χ1n) is 4.62. The maximum Gasteiger partial charge on any atom is 0.326 e. The Bertz CT molecular complexity index is 366. The molecule has 90 valence electrons. The number of amides is 3. The maximum absolute atomic E-state index is 10.6. The van der Waals surface area contributed by atoms with E-state index in [2.05, 4.69) is 15.3 Å². The van der Waals surface area contributed by atoms with Crippen molar-refractivity contribution in [2.75, 3.05) is 0 Å². The van der Waals surface area contributed by atoms with Crippen LogP contribution in [0.15, 0.2) is 24.8 Å². The summed E-state index contributed by atoms with van der Waals surface area (Å²) in [6, 6.07) is -0.0649. The number of nitrogens with one attached hydrogen (secondary N) is 2. The van der Waals surface area contributed by atoms with Gasteiger partial charge in [0.05, 0.1) is 6.42 Å². The van der Waals surface area contributed by atoms with Crippen LogP contribution >= 0.6 is 0 Å². The van der Waals surface area contributed by atoms with Crippen LogP contribution in [0.3, 0.4) is 0 Å². The van der Waals surface area contributed by atoms with Crippen molar-refractivity contribution in [3.05, 3.63) is 24.8 Å². The van der Waals surface area contributed by atoms with Crippen molar-refractivity contribution in [1.29, 1.82) is 0 Å². The third-order valence-electron chi connectivity index (χ3n) is 1.72. The SMILES string of the molecule is O=C1CC(C(=O)O)NC(=O)N1.c1cncnc1. The molecule has 8 heteroatoms. The number of carboxylic acids is 1. The highest BCUT2D eigenvalue weighted by Crippen LogP contribution is 1.97. The normalized spacial score (nSPS) is 18.2. The van der Waals surface area contributed by atoms with E-state index in [4.69, 9.17) is 5.11 Å². The number of aliphatic carboxylic acids is 1. The molecule has 8 nitrogen and oxygen atoms in total. The van der Waals surface area contributed by atoms with Gasteiger partial charge in [-0.25, -0.2) is 19.6 Å². The predicted octanol–water partition coefficient (Wildman–Crippen LogP) is -0.854. The first-order chi connectivity index (χ1) is 8.09. The topological polar surface area (TPSA) is 121 Å². The van der Waals surface area contributed by atoms with Gasteiger partial charge in [-0.05, 0) is 6.07 Å². The number of carboxylic acid groups (broad SMARTS) is 1. The van der Waals surface area contributed by atoms with Crippen molar-refractivity contribution < 1.29 is 19.5 Å². The van der Waals surface area contributed by atoms with Gasteiger partial charge in [0.1, 0.15) is 12.4 Å². The van der Waals surface area contributed by atoms with Gasteiger partial charge in [-0.1, -0.05) is 0 Å². The molecule has 0 spiro atoms. The van der Waals surface area contributed by atoms with Gasteiger partial charge in [-0.15, -0.1) is 0 Å². The third kappa shape index (κ3) is 4.69. The van der Waals surface area contributed by atoms with Crippen LogP contribution in [0, 0.1) is 0 Å². The highest BCUT2D eigenvalue weighted by Gasteiger charge is 2.28. The van der Waals surface area contributed by atoms with E-state index in [1.165, 1.54) is 6.33 Å². The standard InChI is InChI=1S/C5H6N2O4.C4H4N2/c8-3-1-2(4(9)10)6-5(11)7-3;1-2-5-4-6-3-1/h2H,1H2,(H,9,10)(H2,6,7,8,11);1-4H. The molecule has 0 aromatic carbocycles. The minimum Gasteiger partial charge on any atom is -0.480 e. The smallest absolute Gasteiger partial charge is 0.326 e. The highest BCUT2D eigenvalue weighted by molar-refractivity contribution is 6.01. The average molecular weight is 238 g/mol. The van der Waals surface area contributed by atoms with E-state index < -0.39 is 23.9 Å². The first-order valence-corrected chi connectivity index (χ1v) is 4.62. The molecule has 0 radical (unpaired) electrons. The summed E-state index contributed by atoms with van der Waals surface area (Å²) in [7, 11) is 0. The van der Waals surface area contributed by atoms with Gasteiger partial charge in [0, 0.05) is 12.4 Å². The van der Waals surface area contributed by atoms with Crippen LogP contribution in [0.25, 0.3) is 0 Å². The minimum atomic E-state index is -1.20. The van der Waals surface area contributed by atoms with Crippen molar-refractivity contribution in [2.24, 2.45) is 0 Å². The van der Waals surface area contributed by atoms with Gasteiger partial charge < -0.3 is 10.4 Å². The minimum absolute atomic E-state index is 0.207. The zero-order valence-electron chi connectivity index (χ0n) is 8.66. The van der Waals surface area contributed by atoms with E-state index in [-0.39, 0.29) is 6.42 Å². The molecule has 1 aromatic heterocycles. The fourth-order valence-corrected chi connectivity index (χ4v) is 1.01. The van der Waals surface area contributed by atoms with Gasteiger partial charge in [-0.3, -0.25) is 10.1 Å². The molecule has 1 aromatic rings. The molecular formula is C9H10N4O4. The van der Waals surface area contributed by atoms with Crippen molar-refractivity contribution in [3.63, 3.8) is 0 Å². The van der Waals surface area contributed by atoms with Gasteiger partial charge in [-0.2, -0.15) is 0 Å². The molecule has 17 heavy (non-hydrogen) atoms. The zero-order valence-corrected chi connectivity index (χ0v) is 8.66. The van der Waals surface area contributed by atoms with E-state index in [9.17, 15) is 14.4 Å². The molecular weight excluding hydrogens is 228 g/mol. The Morgan fingerprint density at radius 2 is 2.00 bits per heavy atom. The summed E-state index contributed by atoms with van der Waals surface area (Å²) in [6.45, 7) is 0. The Kier molecular flexibility index (Phi) is 4.55. The fourth-order valence-electron chi connectivity index (χ4n) is 1.01. The molecule has 2 heterocycles. The van der Waals surface area contributed by atoms with Crippen LogP contribution in [0.4, 0.5) is 4.79 Å². The predicted molar refractivity (Wildman–Crippen MR) is 54.7 cm³/mol. The number of urea groups is 1. The molecule has 2 rings (SSSR count). The molecule has 1 fully saturated rings. The number of carbonyl (C=O) groups excluding carboxylic acids is 2. The van der Waals surface area contributed by atoms with E-state index in [1.54, 1.807) is 18.5 Å². The second-order valence-electron chi connectivity index (χ2n) is 3.02. The molecule has 1 unspecified atom stereocenters. The average Bonchev–Trinajstić information content (AvgIpc) is 2.31. The number of rotatable bonds is 1. The number of hydrogen-bond acceptors (Lipinski definition) is 5. The monoisotopic (exact) mass is 238 g/mol. The molecule has 0 aliphatic carbocycles. The Hall–Kier alpha value is -2.51. The molecule has 0 saturated carbocycles. The highest BCUT2D eigenvalue weighted by atomic mass is 16.4. The van der Waals surface area contributed by atoms with Crippen molar-refractivity contribution in [1.82, 2.24) is 20.6 Å². The summed E-state index contributed by atoms with van der Waals surface area (Å²) in [5.41, 5.74) is 0. The van der Waals surface area contributed by atoms with Gasteiger partial charge >= 0.3 is 12.0 Å². The largest absolute Gasteiger partial charge is 0.480 e. The van der Waals surface area contributed by atoms with Crippen molar-refractivity contribution in [3.8, 4) is 0 Å². The summed E-state index contributed by atoms with van der Waals surface area (Å²) in [6.07, 6.45) is 4.67. The molecule has 3 N–H and O–H groups in total. The summed E-state index contributed by atoms with van der Waals surface area (Å²) in [4.78, 5) is 38.6. The zero-order chi connectivity index (χ0) is 12.7. The lowest BCUT2D eigenvalue weighted by Gasteiger charge is -2.18. The molecule has 1 saturated heterocycles. The summed E-state index contributed by atoms with van der Waals surface area (Å²) < 4.78 is 0. The Morgan fingerprint density at radius 1 is 1.35 bits per heavy atom. The van der Waals surface area contributed by atoms with Crippen molar-refractivity contribution >= 4 is 17.9 Å². The molecule has 1 atom stereocenters. The van der Waals surface area contributed by atoms with Gasteiger partial charge in [0.25, 0.3) is 0 Å².